The van der Waals surface area contributed by atoms with Gasteiger partial charge < -0.3 is 10.3 Å². The number of aromatic nitrogens is 2. The number of allylic oxidation sites excluding steroid dienone is 12. The van der Waals surface area contributed by atoms with Crippen LogP contribution in [0.3, 0.4) is 0 Å². The van der Waals surface area contributed by atoms with Gasteiger partial charge in [-0.25, -0.2) is 0 Å². The summed E-state index contributed by atoms with van der Waals surface area (Å²) in [5.74, 6) is 0.649. The maximum atomic E-state index is 6.91. The van der Waals surface area contributed by atoms with Gasteiger partial charge in [0.05, 0.1) is 22.1 Å². The summed E-state index contributed by atoms with van der Waals surface area (Å²) in [6.07, 6.45) is 23.8. The van der Waals surface area contributed by atoms with E-state index in [1.807, 2.05) is 18.2 Å². The predicted molar refractivity (Wildman–Crippen MR) is 245 cm³/mol. The van der Waals surface area contributed by atoms with Crippen molar-refractivity contribution < 1.29 is 0 Å². The lowest BCUT2D eigenvalue weighted by atomic mass is 9.95. The largest absolute Gasteiger partial charge is 0.385 e. The molecule has 0 bridgehead atoms. The molecule has 6 aromatic carbocycles. The van der Waals surface area contributed by atoms with E-state index in [1.54, 1.807) is 0 Å². The van der Waals surface area contributed by atoms with Gasteiger partial charge in [0.15, 0.2) is 0 Å². The lowest BCUT2D eigenvalue weighted by Gasteiger charge is -2.14. The maximum absolute atomic E-state index is 6.91. The Bertz CT molecular complexity index is 3080. The van der Waals surface area contributed by atoms with E-state index in [9.17, 15) is 0 Å². The van der Waals surface area contributed by atoms with E-state index in [2.05, 4.69) is 186 Å². The van der Waals surface area contributed by atoms with E-state index >= 15 is 0 Å². The summed E-state index contributed by atoms with van der Waals surface area (Å²) in [4.78, 5) is 0. The van der Waals surface area contributed by atoms with Crippen LogP contribution in [0.5, 0.6) is 0 Å². The molecule has 0 spiro atoms. The van der Waals surface area contributed by atoms with Crippen LogP contribution in [0.1, 0.15) is 36.8 Å². The Morgan fingerprint density at radius 3 is 1.98 bits per heavy atom. The molecule has 2 N–H and O–H groups in total. The highest BCUT2D eigenvalue weighted by Gasteiger charge is 2.17. The van der Waals surface area contributed by atoms with Crippen molar-refractivity contribution in [3.63, 3.8) is 0 Å². The van der Waals surface area contributed by atoms with Gasteiger partial charge in [-0.15, -0.1) is 0 Å². The summed E-state index contributed by atoms with van der Waals surface area (Å²) in [5, 5.41) is 4.89. The SMILES string of the molecule is C=C(/C=C\C=C(/N)n1c2ccccc2c2cc(-c3ccc4c(c3)c3ccccc3n4C3=CC=CCC3)ccc21)c1cccc(-c2ccc(C3=CCCC=C3)cc2)c1. The van der Waals surface area contributed by atoms with Gasteiger partial charge >= 0.3 is 0 Å². The molecule has 0 atom stereocenters. The van der Waals surface area contributed by atoms with Crippen LogP contribution in [0.25, 0.3) is 88.5 Å². The third-order valence-corrected chi connectivity index (χ3v) is 11.6. The van der Waals surface area contributed by atoms with Crippen molar-refractivity contribution in [2.45, 2.75) is 25.7 Å². The minimum Gasteiger partial charge on any atom is -0.385 e. The lowest BCUT2D eigenvalue weighted by Crippen LogP contribution is -2.05. The number of fused-ring (bicyclic) bond motifs is 6. The normalized spacial score (nSPS) is 14.6. The van der Waals surface area contributed by atoms with Gasteiger partial charge in [0.1, 0.15) is 5.82 Å². The topological polar surface area (TPSA) is 35.9 Å². The van der Waals surface area contributed by atoms with Crippen molar-refractivity contribution in [1.82, 2.24) is 9.13 Å². The van der Waals surface area contributed by atoms with Gasteiger partial charge in [0.25, 0.3) is 0 Å². The zero-order valence-corrected chi connectivity index (χ0v) is 31.9. The molecule has 0 unspecified atom stereocenters. The summed E-state index contributed by atoms with van der Waals surface area (Å²) >= 11 is 0. The minimum absolute atomic E-state index is 0.649. The number of hydrogen-bond donors (Lipinski definition) is 1. The van der Waals surface area contributed by atoms with Crippen molar-refractivity contribution in [1.29, 1.82) is 0 Å². The molecule has 2 heterocycles. The van der Waals surface area contributed by atoms with Crippen LogP contribution in [0.4, 0.5) is 0 Å². The van der Waals surface area contributed by atoms with E-state index in [0.29, 0.717) is 5.82 Å². The fourth-order valence-corrected chi connectivity index (χ4v) is 8.68. The fraction of sp³-hybridized carbons (Fsp3) is 0.0741. The molecule has 0 saturated heterocycles. The number of hydrogen-bond acceptors (Lipinski definition) is 1. The second-order valence-corrected chi connectivity index (χ2v) is 15.1. The van der Waals surface area contributed by atoms with E-state index in [-0.39, 0.29) is 0 Å². The van der Waals surface area contributed by atoms with Crippen molar-refractivity contribution in [3.05, 3.63) is 206 Å². The molecule has 2 aliphatic carbocycles. The summed E-state index contributed by atoms with van der Waals surface area (Å²) < 4.78 is 4.60. The van der Waals surface area contributed by atoms with Crippen LogP contribution in [0, 0.1) is 0 Å². The summed E-state index contributed by atoms with van der Waals surface area (Å²) in [6, 6.07) is 48.4. The third-order valence-electron chi connectivity index (χ3n) is 11.6. The number of nitrogens with zero attached hydrogens (tertiary/aromatic N) is 2. The number of nitrogens with two attached hydrogens (primary N) is 1. The Balaban J connectivity index is 0.947. The molecule has 0 aliphatic heterocycles. The molecule has 57 heavy (non-hydrogen) atoms. The molecular formula is C54H43N3. The Morgan fingerprint density at radius 1 is 0.579 bits per heavy atom. The highest BCUT2D eigenvalue weighted by atomic mass is 15.1. The van der Waals surface area contributed by atoms with Crippen LogP contribution >= 0.6 is 0 Å². The standard InChI is InChI=1S/C54H43N3/c1-37(41-17-13-18-42(34-41)40-28-26-39(27-29-40)38-15-4-2-5-16-38)14-12-25-54(55)57-51-24-11-9-22-47(51)49-36-44(31-33-53(49)57)43-30-32-52-48(35-43)46-21-8-10-23-50(46)56(52)45-19-6-3-7-20-45/h3-4,6,8-19,21-36H,1-2,5,7,20,55H2/b14-12-,54-25+. The summed E-state index contributed by atoms with van der Waals surface area (Å²) in [5.41, 5.74) is 22.2. The molecule has 274 valence electrons. The van der Waals surface area contributed by atoms with Crippen LogP contribution in [0.2, 0.25) is 0 Å². The summed E-state index contributed by atoms with van der Waals surface area (Å²) in [6.45, 7) is 4.41. The Kier molecular flexibility index (Phi) is 8.76. The second kappa shape index (κ2) is 14.5. The van der Waals surface area contributed by atoms with Crippen molar-refractivity contribution >= 4 is 66.3 Å². The van der Waals surface area contributed by atoms with E-state index in [4.69, 9.17) is 5.73 Å². The van der Waals surface area contributed by atoms with Gasteiger partial charge in [-0.05, 0) is 125 Å². The lowest BCUT2D eigenvalue weighted by molar-refractivity contribution is 0.979. The molecule has 10 rings (SSSR count). The van der Waals surface area contributed by atoms with Gasteiger partial charge in [-0.2, -0.15) is 0 Å². The third kappa shape index (κ3) is 6.28. The first-order chi connectivity index (χ1) is 28.1. The average Bonchev–Trinajstić information content (AvgIpc) is 3.79. The molecule has 0 radical (unpaired) electrons. The first-order valence-corrected chi connectivity index (χ1v) is 19.9. The molecule has 3 heteroatoms. The van der Waals surface area contributed by atoms with E-state index in [0.717, 1.165) is 47.9 Å². The molecule has 0 amide bonds. The number of para-hydroxylation sites is 2. The highest BCUT2D eigenvalue weighted by Crippen LogP contribution is 2.39. The smallest absolute Gasteiger partial charge is 0.108 e. The average molecular weight is 734 g/mol. The quantitative estimate of drug-likeness (QED) is 0.155. The first-order valence-electron chi connectivity index (χ1n) is 19.9. The zero-order chi connectivity index (χ0) is 38.3. The number of rotatable bonds is 8. The van der Waals surface area contributed by atoms with Crippen LogP contribution in [-0.4, -0.2) is 9.13 Å². The van der Waals surface area contributed by atoms with E-state index in [1.165, 1.54) is 71.7 Å². The van der Waals surface area contributed by atoms with Crippen LogP contribution in [0.15, 0.2) is 195 Å². The molecule has 8 aromatic rings. The highest BCUT2D eigenvalue weighted by molar-refractivity contribution is 6.13. The second-order valence-electron chi connectivity index (χ2n) is 15.1. The molecule has 2 aliphatic rings. The van der Waals surface area contributed by atoms with Gasteiger partial charge in [0.2, 0.25) is 0 Å². The van der Waals surface area contributed by atoms with E-state index < -0.39 is 0 Å². The first kappa shape index (κ1) is 34.4. The molecule has 3 nitrogen and oxygen atoms in total. The fourth-order valence-electron chi connectivity index (χ4n) is 8.68. The van der Waals surface area contributed by atoms with Gasteiger partial charge in [-0.3, -0.25) is 4.57 Å². The minimum atomic E-state index is 0.649. The molecular weight excluding hydrogens is 691 g/mol. The Hall–Kier alpha value is -7.10. The van der Waals surface area contributed by atoms with Crippen LogP contribution in [-0.2, 0) is 0 Å². The molecule has 2 aromatic heterocycles. The Morgan fingerprint density at radius 2 is 1.23 bits per heavy atom. The summed E-state index contributed by atoms with van der Waals surface area (Å²) in [7, 11) is 0. The van der Waals surface area contributed by atoms with Gasteiger partial charge in [0, 0.05) is 27.2 Å². The van der Waals surface area contributed by atoms with Crippen molar-refractivity contribution in [3.8, 4) is 22.3 Å². The maximum Gasteiger partial charge on any atom is 0.108 e. The molecule has 0 saturated carbocycles. The predicted octanol–water partition coefficient (Wildman–Crippen LogP) is 14.2. The Labute approximate surface area is 333 Å². The monoisotopic (exact) mass is 733 g/mol. The van der Waals surface area contributed by atoms with Crippen molar-refractivity contribution in [2.75, 3.05) is 0 Å². The van der Waals surface area contributed by atoms with Crippen molar-refractivity contribution in [2.24, 2.45) is 5.73 Å². The van der Waals surface area contributed by atoms with Gasteiger partial charge in [-0.1, -0.05) is 140 Å². The number of benzene rings is 6. The molecule has 0 fully saturated rings. The van der Waals surface area contributed by atoms with Crippen LogP contribution < -0.4 is 5.73 Å². The zero-order valence-electron chi connectivity index (χ0n) is 31.9.